The van der Waals surface area contributed by atoms with Crippen molar-refractivity contribution in [1.29, 1.82) is 0 Å². The fraction of sp³-hybridized carbons (Fsp3) is 0. The predicted octanol–water partition coefficient (Wildman–Crippen LogP) is -2.64. The third-order valence-corrected chi connectivity index (χ3v) is 0. The first-order valence-electron chi connectivity index (χ1n) is 0. The largest absolute Gasteiger partial charge is 0.187 e. The van der Waals surface area contributed by atoms with Crippen LogP contribution in [-0.4, -0.2) is 28.3 Å². The Bertz CT molecular complexity index is 11.6. The van der Waals surface area contributed by atoms with Crippen LogP contribution in [0.15, 0.2) is 0 Å². The van der Waals surface area contributed by atoms with Gasteiger partial charge in [-0.05, 0) is 11.0 Å². The van der Waals surface area contributed by atoms with Crippen LogP contribution in [0.5, 0.6) is 0 Å². The van der Waals surface area contributed by atoms with Crippen molar-refractivity contribution in [3.8, 4) is 0 Å². The molecule has 1 radical (unpaired) electrons. The topological polar surface area (TPSA) is 0 Å². The Morgan fingerprint density at radius 1 is 1.00 bits per heavy atom. The van der Waals surface area contributed by atoms with Crippen LogP contribution >= 0.6 is 0 Å². The zero-order valence-electron chi connectivity index (χ0n) is 1.36. The fourth-order valence-corrected chi connectivity index (χ4v) is 0. The number of rotatable bonds is 0. The average molecular weight is 299 g/mol. The Hall–Kier alpha value is 2.89. The van der Waals surface area contributed by atoms with E-state index in [1.54, 1.807) is 0 Å². The summed E-state index contributed by atoms with van der Waals surface area (Å²) in [7, 11) is 0. The molecule has 0 N–H and O–H groups in total. The molecule has 0 saturated carbocycles. The van der Waals surface area contributed by atoms with Gasteiger partial charge in [-0.3, -0.25) is 0 Å². The van der Waals surface area contributed by atoms with Crippen LogP contribution in [0.25, 0.3) is 0 Å². The Morgan fingerprint density at radius 3 is 1.00 bits per heavy atom. The molecule has 29 valence electrons. The van der Waals surface area contributed by atoms with E-state index in [-0.39, 0.29) is 93.5 Å². The van der Waals surface area contributed by atoms with Crippen molar-refractivity contribution in [3.05, 3.63) is 0 Å². The summed E-state index contributed by atoms with van der Waals surface area (Å²) in [6, 6.07) is 0. The Balaban J connectivity index is 0. The van der Waals surface area contributed by atoms with E-state index in [4.69, 9.17) is 0 Å². The van der Waals surface area contributed by atoms with Crippen LogP contribution in [0.4, 0.5) is 0 Å². The van der Waals surface area contributed by atoms with E-state index in [0.717, 1.165) is 0 Å². The van der Waals surface area contributed by atoms with Gasteiger partial charge >= 0.3 is 0 Å². The molecule has 0 nitrogen and oxygen atoms in total. The number of hydrogen-bond donors (Lipinski definition) is 0. The second kappa shape index (κ2) is 28.6. The summed E-state index contributed by atoms with van der Waals surface area (Å²) in [5, 5.41) is 0. The minimum atomic E-state index is 0. The summed E-state index contributed by atoms with van der Waals surface area (Å²) < 4.78 is 0. The molecule has 0 aliphatic rings. The zero-order valence-corrected chi connectivity index (χ0v) is 7.12. The van der Waals surface area contributed by atoms with Crippen LogP contribution in [0.2, 0.25) is 0 Å². The van der Waals surface area contributed by atoms with Crippen LogP contribution in [0.1, 0.15) is 0 Å². The second-order valence-electron chi connectivity index (χ2n) is 0. The maximum absolute atomic E-state index is 0. The molecule has 5 heteroatoms. The summed E-state index contributed by atoms with van der Waals surface area (Å²) >= 11 is 0. The Morgan fingerprint density at radius 2 is 1.00 bits per heavy atom. The molecular weight excluding hydrogens is 292 g/mol. The van der Waals surface area contributed by atoms with E-state index >= 15 is 0 Å². The summed E-state index contributed by atoms with van der Waals surface area (Å²) in [6.45, 7) is 0. The molecule has 0 saturated heterocycles. The van der Waals surface area contributed by atoms with Crippen molar-refractivity contribution < 1.29 is 65.2 Å². The van der Waals surface area contributed by atoms with E-state index in [2.05, 4.69) is 0 Å². The quantitative estimate of drug-likeness (QED) is 0.429. The van der Waals surface area contributed by atoms with Crippen LogP contribution in [0.3, 0.4) is 0 Å². The van der Waals surface area contributed by atoms with Gasteiger partial charge in [0.15, 0.2) is 17.4 Å². The fourth-order valence-electron chi connectivity index (χ4n) is 0. The van der Waals surface area contributed by atoms with Crippen molar-refractivity contribution in [3.63, 3.8) is 0 Å². The van der Waals surface area contributed by atoms with Gasteiger partial charge < -0.3 is 0 Å². The smallest absolute Gasteiger partial charge is 0.0149 e. The van der Waals surface area contributed by atoms with E-state index in [1.165, 1.54) is 0 Å². The first-order valence-corrected chi connectivity index (χ1v) is 0. The van der Waals surface area contributed by atoms with Gasteiger partial charge in [-0.25, -0.2) is 0 Å². The van der Waals surface area contributed by atoms with Crippen molar-refractivity contribution >= 4 is 28.3 Å². The molecule has 0 fully saturated rings. The second-order valence-corrected chi connectivity index (χ2v) is 0. The molecule has 0 aromatic heterocycles. The SMILES string of the molecule is [AlH3].[Mo].[Nb].[SiH4].[Ti]. The van der Waals surface area contributed by atoms with Crippen LogP contribution in [0, 0.1) is 0 Å². The van der Waals surface area contributed by atoms with E-state index in [1.807, 2.05) is 0 Å². The van der Waals surface area contributed by atoms with E-state index < -0.39 is 0 Å². The third-order valence-electron chi connectivity index (χ3n) is 0. The molecule has 0 bridgehead atoms. The van der Waals surface area contributed by atoms with Crippen LogP contribution < -0.4 is 0 Å². The molecular formula is H7AlMoNbSiTi. The summed E-state index contributed by atoms with van der Waals surface area (Å²) in [5.41, 5.74) is 0. The Labute approximate surface area is 92.0 Å². The van der Waals surface area contributed by atoms with Gasteiger partial charge in [0.25, 0.3) is 0 Å². The predicted molar refractivity (Wildman–Crippen MR) is 21.3 cm³/mol. The first-order chi connectivity index (χ1) is 0. The average Bonchev–Trinajstić information content (AvgIpc) is 0. The van der Waals surface area contributed by atoms with Crippen molar-refractivity contribution in [2.75, 3.05) is 0 Å². The molecule has 0 atom stereocenters. The van der Waals surface area contributed by atoms with Gasteiger partial charge in [0, 0.05) is 65.2 Å². The van der Waals surface area contributed by atoms with Crippen LogP contribution in [-0.2, 0) is 65.2 Å². The molecule has 0 aliphatic heterocycles. The molecule has 0 rings (SSSR count). The van der Waals surface area contributed by atoms with Crippen molar-refractivity contribution in [2.24, 2.45) is 0 Å². The normalized spacial score (nSPS) is 0. The maximum Gasteiger partial charge on any atom is 0.187 e. The van der Waals surface area contributed by atoms with Gasteiger partial charge in [-0.2, -0.15) is 0 Å². The Kier molecular flexibility index (Phi) is 256. The molecule has 5 heavy (non-hydrogen) atoms. The molecule has 0 amide bonds. The van der Waals surface area contributed by atoms with Crippen molar-refractivity contribution in [1.82, 2.24) is 0 Å². The van der Waals surface area contributed by atoms with Gasteiger partial charge in [0.05, 0.1) is 0 Å². The molecule has 0 spiro atoms. The van der Waals surface area contributed by atoms with Gasteiger partial charge in [0.2, 0.25) is 0 Å². The minimum Gasteiger partial charge on any atom is -0.0149 e. The zero-order chi connectivity index (χ0) is 0. The molecule has 0 aromatic rings. The first kappa shape index (κ1) is 44.8. The summed E-state index contributed by atoms with van der Waals surface area (Å²) in [6.07, 6.45) is 0. The monoisotopic (exact) mass is 301 g/mol. The molecule has 0 unspecified atom stereocenters. The van der Waals surface area contributed by atoms with Gasteiger partial charge in [-0.15, -0.1) is 0 Å². The molecule has 0 aromatic carbocycles. The van der Waals surface area contributed by atoms with E-state index in [9.17, 15) is 0 Å². The number of hydrogen-bond acceptors (Lipinski definition) is 0. The standard InChI is InChI=1S/Al.Mo.Nb.H4Si.Ti.3H/h;;;1H4;;;;. The summed E-state index contributed by atoms with van der Waals surface area (Å²) in [5.74, 6) is 0. The van der Waals surface area contributed by atoms with Gasteiger partial charge in [0.1, 0.15) is 0 Å². The molecule has 0 heterocycles. The van der Waals surface area contributed by atoms with Gasteiger partial charge in [-0.1, -0.05) is 0 Å². The third kappa shape index (κ3) is 19.7. The molecule has 0 aliphatic carbocycles. The van der Waals surface area contributed by atoms with E-state index in [0.29, 0.717) is 0 Å². The minimum absolute atomic E-state index is 0. The maximum atomic E-state index is 0. The summed E-state index contributed by atoms with van der Waals surface area (Å²) in [4.78, 5) is 0. The van der Waals surface area contributed by atoms with Crippen molar-refractivity contribution in [2.45, 2.75) is 0 Å².